The van der Waals surface area contributed by atoms with Gasteiger partial charge < -0.3 is 20.1 Å². The second-order valence-corrected chi connectivity index (χ2v) is 6.42. The Hall–Kier alpha value is -2.44. The molecule has 6 nitrogen and oxygen atoms in total. The zero-order valence-corrected chi connectivity index (χ0v) is 17.7. The summed E-state index contributed by atoms with van der Waals surface area (Å²) in [5.74, 6) is 3.61. The number of hydrogen-bond donors (Lipinski definition) is 2. The van der Waals surface area contributed by atoms with Crippen molar-refractivity contribution in [3.8, 4) is 11.5 Å². The quantitative estimate of drug-likeness (QED) is 0.623. The number of halogens is 2. The first kappa shape index (κ1) is 22.8. The van der Waals surface area contributed by atoms with E-state index >= 15 is 0 Å². The van der Waals surface area contributed by atoms with Crippen molar-refractivity contribution in [1.29, 1.82) is 0 Å². The number of rotatable bonds is 8. The Morgan fingerprint density at radius 2 is 1.21 bits per heavy atom. The number of aliphatic imine (C=N–C) groups is 2. The Labute approximate surface area is 183 Å². The fourth-order valence-corrected chi connectivity index (χ4v) is 3.09. The molecule has 2 aliphatic rings. The summed E-state index contributed by atoms with van der Waals surface area (Å²) >= 11 is 0. The summed E-state index contributed by atoms with van der Waals surface area (Å²) < 4.78 is 11.7. The molecule has 0 radical (unpaired) electrons. The van der Waals surface area contributed by atoms with Crippen LogP contribution >= 0.6 is 24.8 Å². The van der Waals surface area contributed by atoms with E-state index < -0.39 is 0 Å². The lowest BCUT2D eigenvalue weighted by Gasteiger charge is -2.10. The minimum atomic E-state index is 0. The molecule has 0 aromatic heterocycles. The fraction of sp³-hybridized carbons (Fsp3) is 0.333. The van der Waals surface area contributed by atoms with Gasteiger partial charge >= 0.3 is 0 Å². The Bertz CT molecular complexity index is 789. The molecule has 2 aliphatic heterocycles. The van der Waals surface area contributed by atoms with Gasteiger partial charge in [-0.2, -0.15) is 0 Å². The Balaban J connectivity index is 0.00000150. The number of hydrogen-bond acceptors (Lipinski definition) is 6. The molecule has 2 aromatic rings. The van der Waals surface area contributed by atoms with Crippen LogP contribution in [-0.4, -0.2) is 51.1 Å². The lowest BCUT2D eigenvalue weighted by molar-refractivity contribution is 0.247. The number of amidine groups is 2. The first-order valence-corrected chi connectivity index (χ1v) is 9.42. The smallest absolute Gasteiger partial charge is 0.128 e. The zero-order valence-electron chi connectivity index (χ0n) is 16.1. The third-order valence-corrected chi connectivity index (χ3v) is 4.39. The van der Waals surface area contributed by atoms with Crippen molar-refractivity contribution in [2.75, 3.05) is 39.4 Å². The van der Waals surface area contributed by atoms with Crippen LogP contribution in [0.2, 0.25) is 0 Å². The third-order valence-electron chi connectivity index (χ3n) is 4.39. The second kappa shape index (κ2) is 11.5. The van der Waals surface area contributed by atoms with Crippen LogP contribution in [0, 0.1) is 0 Å². The average Bonchev–Trinajstić information content (AvgIpc) is 3.42. The molecule has 29 heavy (non-hydrogen) atoms. The van der Waals surface area contributed by atoms with E-state index in [1.54, 1.807) is 0 Å². The van der Waals surface area contributed by atoms with Gasteiger partial charge in [-0.3, -0.25) is 9.98 Å². The van der Waals surface area contributed by atoms with Gasteiger partial charge in [-0.05, 0) is 24.3 Å². The molecular formula is C21H26Cl2N4O2. The predicted octanol–water partition coefficient (Wildman–Crippen LogP) is 3.08. The lowest BCUT2D eigenvalue weighted by atomic mass is 10.2. The first-order valence-electron chi connectivity index (χ1n) is 9.42. The van der Waals surface area contributed by atoms with E-state index in [1.165, 1.54) is 0 Å². The maximum absolute atomic E-state index is 5.86. The molecule has 0 fully saturated rings. The maximum Gasteiger partial charge on any atom is 0.128 e. The van der Waals surface area contributed by atoms with Gasteiger partial charge in [0.2, 0.25) is 0 Å². The van der Waals surface area contributed by atoms with Crippen LogP contribution in [0.1, 0.15) is 17.5 Å². The van der Waals surface area contributed by atoms with Crippen molar-refractivity contribution in [1.82, 2.24) is 10.6 Å². The minimum Gasteiger partial charge on any atom is -0.493 e. The van der Waals surface area contributed by atoms with Gasteiger partial charge in [0.15, 0.2) is 0 Å². The van der Waals surface area contributed by atoms with Crippen molar-refractivity contribution in [2.45, 2.75) is 6.42 Å². The SMILES string of the molecule is Cl.Cl.c1cc(OCCCOc2cccc(C3=NCCN3)c2)cc(C2=NCCN2)c1. The molecule has 0 saturated heterocycles. The van der Waals surface area contributed by atoms with Gasteiger partial charge in [0, 0.05) is 30.6 Å². The summed E-state index contributed by atoms with van der Waals surface area (Å²) in [6.07, 6.45) is 0.812. The number of nitrogens with zero attached hydrogens (tertiary/aromatic N) is 2. The van der Waals surface area contributed by atoms with Crippen molar-refractivity contribution >= 4 is 36.5 Å². The van der Waals surface area contributed by atoms with E-state index in [2.05, 4.69) is 20.6 Å². The van der Waals surface area contributed by atoms with E-state index in [4.69, 9.17) is 9.47 Å². The topological polar surface area (TPSA) is 67.2 Å². The monoisotopic (exact) mass is 436 g/mol. The molecule has 2 heterocycles. The highest BCUT2D eigenvalue weighted by Gasteiger charge is 2.09. The molecule has 156 valence electrons. The summed E-state index contributed by atoms with van der Waals surface area (Å²) in [7, 11) is 0. The first-order chi connectivity index (χ1) is 13.4. The molecule has 4 rings (SSSR count). The van der Waals surface area contributed by atoms with Gasteiger partial charge in [-0.25, -0.2) is 0 Å². The molecule has 8 heteroatoms. The van der Waals surface area contributed by atoms with Crippen LogP contribution < -0.4 is 20.1 Å². The number of nitrogens with one attached hydrogen (secondary N) is 2. The normalized spacial score (nSPS) is 14.5. The van der Waals surface area contributed by atoms with E-state index in [0.29, 0.717) is 13.2 Å². The fourth-order valence-electron chi connectivity index (χ4n) is 3.09. The average molecular weight is 437 g/mol. The van der Waals surface area contributed by atoms with Crippen molar-refractivity contribution in [2.24, 2.45) is 9.98 Å². The highest BCUT2D eigenvalue weighted by atomic mass is 35.5. The van der Waals surface area contributed by atoms with Gasteiger partial charge in [-0.15, -0.1) is 24.8 Å². The van der Waals surface area contributed by atoms with Gasteiger partial charge in [0.05, 0.1) is 26.3 Å². The zero-order chi connectivity index (χ0) is 18.3. The number of ether oxygens (including phenoxy) is 2. The summed E-state index contributed by atoms with van der Waals surface area (Å²) in [6.45, 7) is 4.70. The van der Waals surface area contributed by atoms with E-state index in [0.717, 1.165) is 66.9 Å². The molecule has 2 aromatic carbocycles. The molecule has 2 N–H and O–H groups in total. The van der Waals surface area contributed by atoms with Gasteiger partial charge in [-0.1, -0.05) is 24.3 Å². The highest BCUT2D eigenvalue weighted by molar-refractivity contribution is 6.00. The van der Waals surface area contributed by atoms with Crippen molar-refractivity contribution in [3.05, 3.63) is 59.7 Å². The minimum absolute atomic E-state index is 0. The van der Waals surface area contributed by atoms with Crippen LogP contribution in [0.15, 0.2) is 58.5 Å². The van der Waals surface area contributed by atoms with Crippen LogP contribution in [0.3, 0.4) is 0 Å². The van der Waals surface area contributed by atoms with Crippen molar-refractivity contribution < 1.29 is 9.47 Å². The second-order valence-electron chi connectivity index (χ2n) is 6.42. The Morgan fingerprint density at radius 1 is 0.724 bits per heavy atom. The van der Waals surface area contributed by atoms with Gasteiger partial charge in [0.1, 0.15) is 23.2 Å². The predicted molar refractivity (Wildman–Crippen MR) is 122 cm³/mol. The molecule has 0 amide bonds. The summed E-state index contributed by atoms with van der Waals surface area (Å²) in [4.78, 5) is 8.89. The van der Waals surface area contributed by atoms with Crippen molar-refractivity contribution in [3.63, 3.8) is 0 Å². The summed E-state index contributed by atoms with van der Waals surface area (Å²) in [5, 5.41) is 6.56. The summed E-state index contributed by atoms with van der Waals surface area (Å²) in [6, 6.07) is 16.1. The lowest BCUT2D eigenvalue weighted by Crippen LogP contribution is -2.19. The molecule has 0 atom stereocenters. The third kappa shape index (κ3) is 6.27. The molecule has 0 spiro atoms. The molecule has 0 bridgehead atoms. The Morgan fingerprint density at radius 3 is 1.62 bits per heavy atom. The maximum atomic E-state index is 5.86. The molecular weight excluding hydrogens is 411 g/mol. The van der Waals surface area contributed by atoms with Crippen LogP contribution in [0.5, 0.6) is 11.5 Å². The van der Waals surface area contributed by atoms with E-state index in [9.17, 15) is 0 Å². The van der Waals surface area contributed by atoms with E-state index in [1.807, 2.05) is 48.5 Å². The largest absolute Gasteiger partial charge is 0.493 e. The van der Waals surface area contributed by atoms with Gasteiger partial charge in [0.25, 0.3) is 0 Å². The molecule has 0 saturated carbocycles. The highest BCUT2D eigenvalue weighted by Crippen LogP contribution is 2.16. The standard InChI is InChI=1S/C21H24N4O2.2ClH/c1-4-16(20-22-8-9-23-20)14-18(6-1)26-12-3-13-27-19-7-2-5-17(15-19)21-24-10-11-25-21;;/h1-2,4-7,14-15H,3,8-13H2,(H,22,23)(H,24,25);2*1H. The van der Waals surface area contributed by atoms with Crippen LogP contribution in [0.25, 0.3) is 0 Å². The van der Waals surface area contributed by atoms with E-state index in [-0.39, 0.29) is 24.8 Å². The molecule has 0 unspecified atom stereocenters. The van der Waals surface area contributed by atoms with Crippen LogP contribution in [0.4, 0.5) is 0 Å². The van der Waals surface area contributed by atoms with Crippen LogP contribution in [-0.2, 0) is 0 Å². The Kier molecular flexibility index (Phi) is 9.09. The number of benzene rings is 2. The summed E-state index contributed by atoms with van der Waals surface area (Å²) in [5.41, 5.74) is 2.14. The molecule has 0 aliphatic carbocycles.